The van der Waals surface area contributed by atoms with Crippen molar-refractivity contribution in [2.45, 2.75) is 19.8 Å². The Morgan fingerprint density at radius 1 is 1.22 bits per heavy atom. The van der Waals surface area contributed by atoms with E-state index < -0.39 is 0 Å². The van der Waals surface area contributed by atoms with Crippen LogP contribution < -0.4 is 9.64 Å². The molecule has 2 aromatic carbocycles. The minimum absolute atomic E-state index is 0.0430. The molecule has 3 aromatic rings. The summed E-state index contributed by atoms with van der Waals surface area (Å²) in [7, 11) is 0. The zero-order valence-corrected chi connectivity index (χ0v) is 14.8. The van der Waals surface area contributed by atoms with Gasteiger partial charge in [-0.2, -0.15) is 4.98 Å². The molecule has 0 saturated carbocycles. The molecule has 0 bridgehead atoms. The Bertz CT molecular complexity index is 986. The summed E-state index contributed by atoms with van der Waals surface area (Å²) < 4.78 is 24.6. The molecular weight excluding hydrogens is 349 g/mol. The van der Waals surface area contributed by atoms with Gasteiger partial charge in [-0.25, -0.2) is 4.39 Å². The van der Waals surface area contributed by atoms with Crippen molar-refractivity contribution in [2.75, 3.05) is 18.1 Å². The van der Waals surface area contributed by atoms with Crippen LogP contribution in [0.3, 0.4) is 0 Å². The molecule has 0 atom stereocenters. The Labute approximate surface area is 155 Å². The number of rotatable bonds is 5. The number of halogens is 1. The van der Waals surface area contributed by atoms with E-state index in [1.54, 1.807) is 29.2 Å². The van der Waals surface area contributed by atoms with Crippen molar-refractivity contribution >= 4 is 11.6 Å². The molecule has 1 aliphatic heterocycles. The monoisotopic (exact) mass is 367 g/mol. The van der Waals surface area contributed by atoms with E-state index in [-0.39, 0.29) is 24.8 Å². The summed E-state index contributed by atoms with van der Waals surface area (Å²) in [6, 6.07) is 11.9. The number of carbonyl (C=O) groups excluding carboxylic acids is 1. The molecule has 0 unspecified atom stereocenters. The molecular formula is C20H18FN3O3. The number of carbonyl (C=O) groups is 1. The van der Waals surface area contributed by atoms with Gasteiger partial charge in [0.2, 0.25) is 11.7 Å². The zero-order chi connectivity index (χ0) is 18.8. The van der Waals surface area contributed by atoms with Crippen LogP contribution in [0.15, 0.2) is 47.0 Å². The fourth-order valence-corrected chi connectivity index (χ4v) is 3.06. The quantitative estimate of drug-likeness (QED) is 0.689. The van der Waals surface area contributed by atoms with Crippen LogP contribution in [-0.2, 0) is 11.2 Å². The summed E-state index contributed by atoms with van der Waals surface area (Å²) >= 11 is 0. The second-order valence-electron chi connectivity index (χ2n) is 6.30. The summed E-state index contributed by atoms with van der Waals surface area (Å²) in [5.74, 6) is 0.984. The van der Waals surface area contributed by atoms with Crippen LogP contribution in [0.1, 0.15) is 24.8 Å². The molecule has 6 nitrogen and oxygen atoms in total. The Balaban J connectivity index is 1.62. The highest BCUT2D eigenvalue weighted by molar-refractivity contribution is 5.98. The normalized spacial score (nSPS) is 13.4. The van der Waals surface area contributed by atoms with E-state index in [2.05, 4.69) is 10.1 Å². The minimum Gasteiger partial charge on any atom is -0.482 e. The number of hydrogen-bond acceptors (Lipinski definition) is 5. The van der Waals surface area contributed by atoms with Crippen LogP contribution >= 0.6 is 0 Å². The van der Waals surface area contributed by atoms with Crippen molar-refractivity contribution in [1.82, 2.24) is 10.1 Å². The number of aromatic nitrogens is 2. The van der Waals surface area contributed by atoms with Gasteiger partial charge in [0.15, 0.2) is 6.61 Å². The molecule has 0 saturated heterocycles. The van der Waals surface area contributed by atoms with Crippen LogP contribution in [0, 0.1) is 5.82 Å². The van der Waals surface area contributed by atoms with E-state index in [0.29, 0.717) is 40.8 Å². The topological polar surface area (TPSA) is 68.5 Å². The van der Waals surface area contributed by atoms with Gasteiger partial charge in [0.1, 0.15) is 11.6 Å². The molecule has 27 heavy (non-hydrogen) atoms. The van der Waals surface area contributed by atoms with Crippen LogP contribution in [0.2, 0.25) is 0 Å². The average molecular weight is 367 g/mol. The van der Waals surface area contributed by atoms with Gasteiger partial charge in [-0.15, -0.1) is 0 Å². The molecule has 1 aromatic heterocycles. The molecule has 0 aliphatic carbocycles. The van der Waals surface area contributed by atoms with E-state index in [1.165, 1.54) is 6.07 Å². The first-order chi connectivity index (χ1) is 13.2. The number of benzene rings is 2. The predicted octanol–water partition coefficient (Wildman–Crippen LogP) is 3.60. The van der Waals surface area contributed by atoms with Crippen LogP contribution in [-0.4, -0.2) is 29.2 Å². The molecule has 4 rings (SSSR count). The van der Waals surface area contributed by atoms with Gasteiger partial charge in [-0.1, -0.05) is 30.3 Å². The molecule has 0 N–H and O–H groups in total. The second-order valence-corrected chi connectivity index (χ2v) is 6.30. The Hall–Kier alpha value is -3.22. The fraction of sp³-hybridized carbons (Fsp3) is 0.250. The molecule has 1 amide bonds. The number of hydrogen-bond donors (Lipinski definition) is 0. The lowest BCUT2D eigenvalue weighted by atomic mass is 10.1. The summed E-state index contributed by atoms with van der Waals surface area (Å²) in [5, 5.41) is 4.00. The van der Waals surface area contributed by atoms with E-state index in [4.69, 9.17) is 9.26 Å². The van der Waals surface area contributed by atoms with E-state index >= 15 is 0 Å². The van der Waals surface area contributed by atoms with Crippen LogP contribution in [0.5, 0.6) is 5.75 Å². The lowest BCUT2D eigenvalue weighted by Gasteiger charge is -2.29. The number of fused-ring (bicyclic) bond motifs is 1. The molecule has 0 fully saturated rings. The van der Waals surface area contributed by atoms with Gasteiger partial charge in [0.05, 0.1) is 12.1 Å². The maximum Gasteiger partial charge on any atom is 0.265 e. The zero-order valence-electron chi connectivity index (χ0n) is 14.8. The Kier molecular flexibility index (Phi) is 4.58. The third-order valence-corrected chi connectivity index (χ3v) is 4.37. The van der Waals surface area contributed by atoms with Crippen molar-refractivity contribution < 1.29 is 18.4 Å². The van der Waals surface area contributed by atoms with Gasteiger partial charge in [-0.3, -0.25) is 4.79 Å². The number of anilines is 1. The average Bonchev–Trinajstić information content (AvgIpc) is 3.14. The van der Waals surface area contributed by atoms with Crippen molar-refractivity contribution in [3.8, 4) is 17.1 Å². The first-order valence-corrected chi connectivity index (χ1v) is 8.79. The van der Waals surface area contributed by atoms with Crippen molar-refractivity contribution in [1.29, 1.82) is 0 Å². The predicted molar refractivity (Wildman–Crippen MR) is 97.1 cm³/mol. The van der Waals surface area contributed by atoms with E-state index in [0.717, 1.165) is 6.42 Å². The van der Waals surface area contributed by atoms with Crippen molar-refractivity contribution in [3.05, 3.63) is 59.7 Å². The van der Waals surface area contributed by atoms with Crippen molar-refractivity contribution in [3.63, 3.8) is 0 Å². The highest BCUT2D eigenvalue weighted by Crippen LogP contribution is 2.35. The van der Waals surface area contributed by atoms with Crippen molar-refractivity contribution in [2.24, 2.45) is 0 Å². The van der Waals surface area contributed by atoms with Gasteiger partial charge in [-0.05, 0) is 36.2 Å². The molecule has 2 heterocycles. The fourth-order valence-electron chi connectivity index (χ4n) is 3.06. The molecule has 0 spiro atoms. The van der Waals surface area contributed by atoms with Gasteiger partial charge >= 0.3 is 0 Å². The highest BCUT2D eigenvalue weighted by atomic mass is 19.1. The largest absolute Gasteiger partial charge is 0.482 e. The minimum atomic E-state index is -0.308. The third kappa shape index (κ3) is 3.40. The Morgan fingerprint density at radius 3 is 2.89 bits per heavy atom. The van der Waals surface area contributed by atoms with Crippen LogP contribution in [0.4, 0.5) is 10.1 Å². The molecule has 0 radical (unpaired) electrons. The van der Waals surface area contributed by atoms with Gasteiger partial charge < -0.3 is 14.2 Å². The summed E-state index contributed by atoms with van der Waals surface area (Å²) in [5.41, 5.74) is 1.90. The summed E-state index contributed by atoms with van der Waals surface area (Å²) in [6.07, 6.45) is 1.05. The summed E-state index contributed by atoms with van der Waals surface area (Å²) in [4.78, 5) is 18.2. The third-order valence-electron chi connectivity index (χ3n) is 4.37. The lowest BCUT2D eigenvalue weighted by Crippen LogP contribution is -2.39. The smallest absolute Gasteiger partial charge is 0.265 e. The van der Waals surface area contributed by atoms with Gasteiger partial charge in [0.25, 0.3) is 5.91 Å². The number of ether oxygens (including phenoxy) is 1. The first-order valence-electron chi connectivity index (χ1n) is 8.79. The molecule has 7 heteroatoms. The molecule has 138 valence electrons. The Morgan fingerprint density at radius 2 is 2.07 bits per heavy atom. The SMILES string of the molecule is CCCN1C(=O)COc2ccc(-c3noc(Cc4ccccc4F)n3)cc21. The molecule has 1 aliphatic rings. The maximum absolute atomic E-state index is 13.8. The first kappa shape index (κ1) is 17.2. The highest BCUT2D eigenvalue weighted by Gasteiger charge is 2.25. The second kappa shape index (κ2) is 7.19. The van der Waals surface area contributed by atoms with Crippen LogP contribution in [0.25, 0.3) is 11.4 Å². The number of nitrogens with zero attached hydrogens (tertiary/aromatic N) is 3. The maximum atomic E-state index is 13.8. The van der Waals surface area contributed by atoms with Gasteiger partial charge in [0, 0.05) is 12.1 Å². The standard InChI is InChI=1S/C20H18FN3O3/c1-2-9-24-16-10-14(7-8-17(16)26-12-19(24)25)20-22-18(27-23-20)11-13-5-3-4-6-15(13)21/h3-8,10H,2,9,11-12H2,1H3. The lowest BCUT2D eigenvalue weighted by molar-refractivity contribution is -0.121. The van der Waals surface area contributed by atoms with E-state index in [9.17, 15) is 9.18 Å². The van der Waals surface area contributed by atoms with E-state index in [1.807, 2.05) is 19.1 Å². The number of amides is 1. The summed E-state index contributed by atoms with van der Waals surface area (Å²) in [6.45, 7) is 2.67.